The minimum absolute atomic E-state index is 0.403. The molecule has 0 fully saturated rings. The summed E-state index contributed by atoms with van der Waals surface area (Å²) < 4.78 is 0. The molecule has 2 aliphatic carbocycles. The number of hydrogen-bond donors (Lipinski definition) is 0. The summed E-state index contributed by atoms with van der Waals surface area (Å²) in [5.41, 5.74) is 5.04. The van der Waals surface area contributed by atoms with Crippen LogP contribution >= 0.6 is 0 Å². The van der Waals surface area contributed by atoms with E-state index in [1.165, 1.54) is 18.4 Å². The first-order chi connectivity index (χ1) is 7.73. The van der Waals surface area contributed by atoms with Crippen LogP contribution in [0.5, 0.6) is 0 Å². The Hall–Kier alpha value is -1.30. The van der Waals surface area contributed by atoms with Gasteiger partial charge in [-0.3, -0.25) is 0 Å². The van der Waals surface area contributed by atoms with E-state index in [9.17, 15) is 0 Å². The van der Waals surface area contributed by atoms with E-state index in [2.05, 4.69) is 56.3 Å². The maximum Gasteiger partial charge on any atom is 0.00331 e. The monoisotopic (exact) mass is 210 g/mol. The molecule has 0 heterocycles. The third-order valence-electron chi connectivity index (χ3n) is 4.40. The smallest absolute Gasteiger partial charge is 0.00331 e. The van der Waals surface area contributed by atoms with Crippen molar-refractivity contribution in [1.29, 1.82) is 0 Å². The van der Waals surface area contributed by atoms with Crippen LogP contribution in [0.15, 0.2) is 48.1 Å². The fraction of sp³-hybridized carbons (Fsp3) is 0.375. The van der Waals surface area contributed by atoms with E-state index in [-0.39, 0.29) is 0 Å². The number of hydrogen-bond acceptors (Lipinski definition) is 0. The lowest BCUT2D eigenvalue weighted by atomic mass is 9.52. The highest BCUT2D eigenvalue weighted by atomic mass is 14.5. The van der Waals surface area contributed by atoms with Gasteiger partial charge in [0.05, 0.1) is 0 Å². The summed E-state index contributed by atoms with van der Waals surface area (Å²) in [4.78, 5) is 0. The average Bonchev–Trinajstić information content (AvgIpc) is 2.30. The zero-order valence-electron chi connectivity index (χ0n) is 10.0. The minimum atomic E-state index is 0.403. The molecule has 0 nitrogen and oxygen atoms in total. The third-order valence-corrected chi connectivity index (χ3v) is 4.40. The molecular formula is C16H18. The summed E-state index contributed by atoms with van der Waals surface area (Å²) in [6, 6.07) is 10.9. The molecule has 16 heavy (non-hydrogen) atoms. The van der Waals surface area contributed by atoms with Gasteiger partial charge in [-0.05, 0) is 36.8 Å². The Kier molecular flexibility index (Phi) is 2.07. The average molecular weight is 210 g/mol. The molecular weight excluding hydrogens is 192 g/mol. The lowest BCUT2D eigenvalue weighted by Crippen LogP contribution is -2.40. The molecule has 3 rings (SSSR count). The Bertz CT molecular complexity index is 464. The minimum Gasteiger partial charge on any atom is -0.0879 e. The van der Waals surface area contributed by atoms with Gasteiger partial charge in [0.1, 0.15) is 0 Å². The van der Waals surface area contributed by atoms with Crippen LogP contribution in [-0.2, 0) is 0 Å². The van der Waals surface area contributed by atoms with Crippen molar-refractivity contribution < 1.29 is 0 Å². The Morgan fingerprint density at radius 1 is 1.12 bits per heavy atom. The second-order valence-corrected chi connectivity index (χ2v) is 5.31. The van der Waals surface area contributed by atoms with E-state index in [1.54, 1.807) is 11.1 Å². The summed E-state index contributed by atoms with van der Waals surface area (Å²) >= 11 is 0. The van der Waals surface area contributed by atoms with Gasteiger partial charge in [0.25, 0.3) is 0 Å². The Balaban J connectivity index is 2.07. The molecule has 0 heteroatoms. The summed E-state index contributed by atoms with van der Waals surface area (Å²) in [7, 11) is 0. The predicted molar refractivity (Wildman–Crippen MR) is 69.0 cm³/mol. The molecule has 0 aliphatic heterocycles. The molecule has 0 N–H and O–H groups in total. The van der Waals surface area contributed by atoms with E-state index < -0.39 is 0 Å². The Labute approximate surface area is 97.7 Å². The molecule has 0 amide bonds. The summed E-state index contributed by atoms with van der Waals surface area (Å²) in [6.45, 7) is 4.74. The van der Waals surface area contributed by atoms with E-state index in [1.807, 2.05) is 0 Å². The molecule has 0 bridgehead atoms. The van der Waals surface area contributed by atoms with Crippen LogP contribution in [0, 0.1) is 11.3 Å². The van der Waals surface area contributed by atoms with Gasteiger partial charge in [0.15, 0.2) is 0 Å². The number of fused-ring (bicyclic) bond motifs is 1. The Morgan fingerprint density at radius 2 is 1.88 bits per heavy atom. The van der Waals surface area contributed by atoms with Crippen molar-refractivity contribution in [2.45, 2.75) is 26.7 Å². The van der Waals surface area contributed by atoms with Crippen molar-refractivity contribution in [1.82, 2.24) is 0 Å². The fourth-order valence-corrected chi connectivity index (χ4v) is 3.60. The fourth-order valence-electron chi connectivity index (χ4n) is 3.60. The van der Waals surface area contributed by atoms with E-state index in [0.717, 1.165) is 5.92 Å². The van der Waals surface area contributed by atoms with Crippen LogP contribution in [-0.4, -0.2) is 0 Å². The van der Waals surface area contributed by atoms with Gasteiger partial charge in [-0.2, -0.15) is 0 Å². The van der Waals surface area contributed by atoms with E-state index in [0.29, 0.717) is 5.41 Å². The standard InChI is InChI=1S/C16H18/c1-12-14-10-6-7-11-16(14,2)15(12)13-8-4-3-5-9-13/h3-9,14H,10-11H2,1-2H3/t14-,16-/m0/s1. The molecule has 2 aliphatic rings. The lowest BCUT2D eigenvalue weighted by molar-refractivity contribution is 0.258. The Morgan fingerprint density at radius 3 is 2.62 bits per heavy atom. The van der Waals surface area contributed by atoms with Crippen molar-refractivity contribution in [3.8, 4) is 0 Å². The van der Waals surface area contributed by atoms with Crippen LogP contribution < -0.4 is 0 Å². The normalized spacial score (nSPS) is 32.2. The molecule has 0 unspecified atom stereocenters. The first-order valence-corrected chi connectivity index (χ1v) is 6.15. The summed E-state index contributed by atoms with van der Waals surface area (Å²) in [5.74, 6) is 0.785. The highest BCUT2D eigenvalue weighted by molar-refractivity contribution is 5.80. The third kappa shape index (κ3) is 1.16. The summed E-state index contributed by atoms with van der Waals surface area (Å²) in [5, 5.41) is 0. The zero-order chi connectivity index (χ0) is 11.2. The van der Waals surface area contributed by atoms with Gasteiger partial charge in [0, 0.05) is 5.41 Å². The van der Waals surface area contributed by atoms with Crippen LogP contribution in [0.4, 0.5) is 0 Å². The second-order valence-electron chi connectivity index (χ2n) is 5.31. The number of allylic oxidation sites excluding steroid dienone is 4. The molecule has 2 atom stereocenters. The van der Waals surface area contributed by atoms with Crippen LogP contribution in [0.1, 0.15) is 32.3 Å². The van der Waals surface area contributed by atoms with E-state index >= 15 is 0 Å². The number of benzene rings is 1. The maximum atomic E-state index is 2.43. The molecule has 1 aromatic rings. The van der Waals surface area contributed by atoms with Gasteiger partial charge in [0.2, 0.25) is 0 Å². The van der Waals surface area contributed by atoms with Crippen LogP contribution in [0.3, 0.4) is 0 Å². The highest BCUT2D eigenvalue weighted by Gasteiger charge is 2.48. The molecule has 0 saturated carbocycles. The topological polar surface area (TPSA) is 0 Å². The van der Waals surface area contributed by atoms with Gasteiger partial charge >= 0.3 is 0 Å². The zero-order valence-corrected chi connectivity index (χ0v) is 10.0. The first kappa shape index (κ1) is 9.89. The van der Waals surface area contributed by atoms with Crippen molar-refractivity contribution in [2.75, 3.05) is 0 Å². The van der Waals surface area contributed by atoms with Gasteiger partial charge < -0.3 is 0 Å². The SMILES string of the molecule is CC1=C(c2ccccc2)[C@@]2(C)CC=CC[C@@H]12. The first-order valence-electron chi connectivity index (χ1n) is 6.15. The molecule has 0 saturated heterocycles. The highest BCUT2D eigenvalue weighted by Crippen LogP contribution is 2.60. The van der Waals surface area contributed by atoms with Crippen molar-refractivity contribution in [3.63, 3.8) is 0 Å². The molecule has 0 spiro atoms. The van der Waals surface area contributed by atoms with Gasteiger partial charge in [-0.1, -0.05) is 55.0 Å². The molecule has 82 valence electrons. The van der Waals surface area contributed by atoms with Gasteiger partial charge in [-0.15, -0.1) is 0 Å². The van der Waals surface area contributed by atoms with Crippen LogP contribution in [0.25, 0.3) is 5.57 Å². The lowest BCUT2D eigenvalue weighted by Gasteiger charge is -2.52. The van der Waals surface area contributed by atoms with Crippen molar-refractivity contribution >= 4 is 5.57 Å². The van der Waals surface area contributed by atoms with E-state index in [4.69, 9.17) is 0 Å². The molecule has 0 radical (unpaired) electrons. The molecule has 0 aromatic heterocycles. The largest absolute Gasteiger partial charge is 0.0879 e. The maximum absolute atomic E-state index is 2.43. The molecule has 1 aromatic carbocycles. The predicted octanol–water partition coefficient (Wildman–Crippen LogP) is 4.45. The second kappa shape index (κ2) is 3.35. The van der Waals surface area contributed by atoms with Crippen molar-refractivity contribution in [2.24, 2.45) is 11.3 Å². The number of rotatable bonds is 1. The van der Waals surface area contributed by atoms with Crippen molar-refractivity contribution in [3.05, 3.63) is 53.6 Å². The van der Waals surface area contributed by atoms with Crippen LogP contribution in [0.2, 0.25) is 0 Å². The summed E-state index contributed by atoms with van der Waals surface area (Å²) in [6.07, 6.45) is 7.14. The van der Waals surface area contributed by atoms with Gasteiger partial charge in [-0.25, -0.2) is 0 Å². The quantitative estimate of drug-likeness (QED) is 0.601.